The molecule has 7 nitrogen and oxygen atoms in total. The Bertz CT molecular complexity index is 996. The van der Waals surface area contributed by atoms with Crippen LogP contribution in [0.15, 0.2) is 44.7 Å². The second-order valence-electron chi connectivity index (χ2n) is 4.33. The second-order valence-corrected chi connectivity index (χ2v) is 4.33. The van der Waals surface area contributed by atoms with Gasteiger partial charge in [-0.2, -0.15) is 0 Å². The number of hydrogen-bond acceptors (Lipinski definition) is 4. The number of benzene rings is 1. The molecule has 0 aliphatic rings. The first kappa shape index (κ1) is 12.8. The van der Waals surface area contributed by atoms with Gasteiger partial charge in [0.05, 0.1) is 0 Å². The molecule has 0 atom stereocenters. The lowest BCUT2D eigenvalue weighted by molar-refractivity contribution is 1.03. The van der Waals surface area contributed by atoms with Crippen molar-refractivity contribution < 1.29 is 0 Å². The van der Waals surface area contributed by atoms with Gasteiger partial charge in [-0.05, 0) is 11.6 Å². The SMILES string of the molecule is O=c1[nH]c(=O)c2nc(/C=C/c3ccccc3)[nH]c(=O)c2[nH]1. The summed E-state index contributed by atoms with van der Waals surface area (Å²) in [5.41, 5.74) is -1.33. The summed E-state index contributed by atoms with van der Waals surface area (Å²) >= 11 is 0. The minimum atomic E-state index is -0.743. The van der Waals surface area contributed by atoms with Crippen LogP contribution in [-0.4, -0.2) is 19.9 Å². The van der Waals surface area contributed by atoms with E-state index in [1.165, 1.54) is 0 Å². The fourth-order valence-electron chi connectivity index (χ4n) is 1.90. The van der Waals surface area contributed by atoms with Crippen LogP contribution in [0.5, 0.6) is 0 Å². The molecule has 0 bridgehead atoms. The fourth-order valence-corrected chi connectivity index (χ4v) is 1.90. The Morgan fingerprint density at radius 3 is 2.38 bits per heavy atom. The molecule has 0 amide bonds. The van der Waals surface area contributed by atoms with Gasteiger partial charge >= 0.3 is 5.69 Å². The molecule has 0 radical (unpaired) electrons. The topological polar surface area (TPSA) is 111 Å². The molecule has 21 heavy (non-hydrogen) atoms. The van der Waals surface area contributed by atoms with Crippen molar-refractivity contribution in [1.29, 1.82) is 0 Å². The van der Waals surface area contributed by atoms with E-state index in [9.17, 15) is 14.4 Å². The summed E-state index contributed by atoms with van der Waals surface area (Å²) in [6.07, 6.45) is 3.34. The Labute approximate surface area is 117 Å². The Balaban J connectivity index is 2.14. The molecular weight excluding hydrogens is 272 g/mol. The Hall–Kier alpha value is -3.22. The van der Waals surface area contributed by atoms with E-state index in [0.717, 1.165) is 5.56 Å². The van der Waals surface area contributed by atoms with Gasteiger partial charge in [0.25, 0.3) is 11.1 Å². The number of H-pyrrole nitrogens is 3. The van der Waals surface area contributed by atoms with E-state index in [1.54, 1.807) is 12.2 Å². The average Bonchev–Trinajstić information content (AvgIpc) is 2.47. The molecule has 0 saturated heterocycles. The van der Waals surface area contributed by atoms with Crippen LogP contribution in [0.2, 0.25) is 0 Å². The summed E-state index contributed by atoms with van der Waals surface area (Å²) in [7, 11) is 0. The highest BCUT2D eigenvalue weighted by Gasteiger charge is 2.07. The maximum absolute atomic E-state index is 11.9. The maximum atomic E-state index is 11.9. The fraction of sp³-hybridized carbons (Fsp3) is 0. The van der Waals surface area contributed by atoms with Gasteiger partial charge in [0.2, 0.25) is 0 Å². The van der Waals surface area contributed by atoms with E-state index in [0.29, 0.717) is 0 Å². The third-order valence-corrected chi connectivity index (χ3v) is 2.85. The van der Waals surface area contributed by atoms with Gasteiger partial charge in [0.1, 0.15) is 11.3 Å². The predicted molar refractivity (Wildman–Crippen MR) is 79.0 cm³/mol. The van der Waals surface area contributed by atoms with Crippen LogP contribution in [0.1, 0.15) is 11.4 Å². The van der Waals surface area contributed by atoms with E-state index in [2.05, 4.69) is 15.0 Å². The lowest BCUT2D eigenvalue weighted by atomic mass is 10.2. The summed E-state index contributed by atoms with van der Waals surface area (Å²) in [6, 6.07) is 9.43. The summed E-state index contributed by atoms with van der Waals surface area (Å²) in [5.74, 6) is 0.230. The number of aromatic amines is 3. The van der Waals surface area contributed by atoms with E-state index in [4.69, 9.17) is 0 Å². The van der Waals surface area contributed by atoms with Gasteiger partial charge in [0.15, 0.2) is 5.52 Å². The third-order valence-electron chi connectivity index (χ3n) is 2.85. The van der Waals surface area contributed by atoms with E-state index >= 15 is 0 Å². The van der Waals surface area contributed by atoms with Crippen LogP contribution < -0.4 is 16.8 Å². The van der Waals surface area contributed by atoms with E-state index in [1.807, 2.05) is 35.3 Å². The van der Waals surface area contributed by atoms with Gasteiger partial charge < -0.3 is 9.97 Å². The van der Waals surface area contributed by atoms with Crippen LogP contribution in [0.4, 0.5) is 0 Å². The summed E-state index contributed by atoms with van der Waals surface area (Å²) in [5, 5.41) is 0. The summed E-state index contributed by atoms with van der Waals surface area (Å²) < 4.78 is 0. The van der Waals surface area contributed by atoms with Crippen molar-refractivity contribution in [2.24, 2.45) is 0 Å². The number of aromatic nitrogens is 4. The second kappa shape index (κ2) is 5.04. The van der Waals surface area contributed by atoms with Crippen molar-refractivity contribution in [2.45, 2.75) is 0 Å². The number of hydrogen-bond donors (Lipinski definition) is 3. The van der Waals surface area contributed by atoms with Crippen molar-refractivity contribution in [3.8, 4) is 0 Å². The van der Waals surface area contributed by atoms with Crippen LogP contribution in [0.3, 0.4) is 0 Å². The van der Waals surface area contributed by atoms with Crippen LogP contribution >= 0.6 is 0 Å². The highest BCUT2D eigenvalue weighted by atomic mass is 16.2. The van der Waals surface area contributed by atoms with Crippen molar-refractivity contribution in [1.82, 2.24) is 19.9 Å². The standard InChI is InChI=1S/C14H10N4O3/c19-12-11-10(13(20)18-14(21)17-11)15-9(16-12)7-6-8-4-2-1-3-5-8/h1-7H,(H,15,16,19)(H2,17,18,20,21)/b7-6+. The van der Waals surface area contributed by atoms with Gasteiger partial charge in [-0.1, -0.05) is 36.4 Å². The molecule has 3 aromatic rings. The zero-order chi connectivity index (χ0) is 14.8. The Kier molecular flexibility index (Phi) is 3.07. The maximum Gasteiger partial charge on any atom is 0.326 e. The zero-order valence-corrected chi connectivity index (χ0v) is 10.7. The van der Waals surface area contributed by atoms with Gasteiger partial charge in [-0.25, -0.2) is 9.78 Å². The van der Waals surface area contributed by atoms with Crippen molar-refractivity contribution in [3.63, 3.8) is 0 Å². The monoisotopic (exact) mass is 282 g/mol. The number of fused-ring (bicyclic) bond motifs is 1. The minimum Gasteiger partial charge on any atom is -0.305 e. The third kappa shape index (κ3) is 2.57. The predicted octanol–water partition coefficient (Wildman–Crippen LogP) is 0.470. The first-order valence-electron chi connectivity index (χ1n) is 6.13. The minimum absolute atomic E-state index is 0.105. The molecule has 3 N–H and O–H groups in total. The first-order chi connectivity index (χ1) is 10.1. The van der Waals surface area contributed by atoms with Crippen molar-refractivity contribution in [2.75, 3.05) is 0 Å². The zero-order valence-electron chi connectivity index (χ0n) is 10.7. The lowest BCUT2D eigenvalue weighted by Gasteiger charge is -1.98. The average molecular weight is 282 g/mol. The van der Waals surface area contributed by atoms with Gasteiger partial charge in [-0.15, -0.1) is 0 Å². The van der Waals surface area contributed by atoms with E-state index in [-0.39, 0.29) is 16.9 Å². The number of nitrogens with zero attached hydrogens (tertiary/aromatic N) is 1. The summed E-state index contributed by atoms with van der Waals surface area (Å²) in [6.45, 7) is 0. The molecule has 0 aliphatic carbocycles. The molecule has 0 saturated carbocycles. The van der Waals surface area contributed by atoms with Crippen molar-refractivity contribution in [3.05, 3.63) is 72.9 Å². The number of rotatable bonds is 2. The molecule has 0 spiro atoms. The Morgan fingerprint density at radius 2 is 1.62 bits per heavy atom. The Morgan fingerprint density at radius 1 is 0.857 bits per heavy atom. The molecule has 0 unspecified atom stereocenters. The molecule has 3 rings (SSSR count). The molecule has 1 aromatic carbocycles. The quantitative estimate of drug-likeness (QED) is 0.634. The highest BCUT2D eigenvalue weighted by molar-refractivity contribution is 5.74. The van der Waals surface area contributed by atoms with Gasteiger partial charge in [-0.3, -0.25) is 14.6 Å². The van der Waals surface area contributed by atoms with E-state index < -0.39 is 16.8 Å². The molecule has 2 aromatic heterocycles. The van der Waals surface area contributed by atoms with Crippen molar-refractivity contribution >= 4 is 23.2 Å². The number of nitrogens with one attached hydrogen (secondary N) is 3. The largest absolute Gasteiger partial charge is 0.326 e. The molecule has 104 valence electrons. The molecule has 2 heterocycles. The van der Waals surface area contributed by atoms with Crippen LogP contribution in [-0.2, 0) is 0 Å². The first-order valence-corrected chi connectivity index (χ1v) is 6.13. The van der Waals surface area contributed by atoms with Crippen LogP contribution in [0.25, 0.3) is 23.2 Å². The molecule has 0 fully saturated rings. The molecule has 7 heteroatoms. The smallest absolute Gasteiger partial charge is 0.305 e. The summed E-state index contributed by atoms with van der Waals surface area (Å²) in [4.78, 5) is 45.5. The van der Waals surface area contributed by atoms with Crippen LogP contribution in [0, 0.1) is 0 Å². The lowest BCUT2D eigenvalue weighted by Crippen LogP contribution is -2.27. The highest BCUT2D eigenvalue weighted by Crippen LogP contribution is 2.04. The molecule has 0 aliphatic heterocycles. The normalized spacial score (nSPS) is 11.2. The van der Waals surface area contributed by atoms with Gasteiger partial charge in [0, 0.05) is 0 Å². The molecular formula is C14H10N4O3.